The van der Waals surface area contributed by atoms with Crippen LogP contribution in [-0.2, 0) is 23.8 Å². The zero-order valence-corrected chi connectivity index (χ0v) is 13.8. The van der Waals surface area contributed by atoms with E-state index in [-0.39, 0.29) is 11.3 Å². The van der Waals surface area contributed by atoms with Gasteiger partial charge in [-0.25, -0.2) is 0 Å². The van der Waals surface area contributed by atoms with E-state index in [1.54, 1.807) is 16.9 Å². The molecule has 0 saturated carbocycles. The summed E-state index contributed by atoms with van der Waals surface area (Å²) in [7, 11) is 3.71. The van der Waals surface area contributed by atoms with Crippen LogP contribution in [0.1, 0.15) is 32.2 Å². The smallest absolute Gasteiger partial charge is 0.239 e. The summed E-state index contributed by atoms with van der Waals surface area (Å²) in [5.41, 5.74) is 2.04. The number of nitrogens with zero attached hydrogens (tertiary/aromatic N) is 4. The summed E-state index contributed by atoms with van der Waals surface area (Å²) < 4.78 is 1.65. The molecule has 0 unspecified atom stereocenters. The van der Waals surface area contributed by atoms with Gasteiger partial charge in [-0.15, -0.1) is 0 Å². The number of carbonyl (C=O) groups excluding carboxylic acids is 1. The molecular weight excluding hydrogens is 280 g/mol. The van der Waals surface area contributed by atoms with Crippen LogP contribution in [0.3, 0.4) is 0 Å². The third-order valence-corrected chi connectivity index (χ3v) is 3.23. The molecule has 1 amide bonds. The van der Waals surface area contributed by atoms with Crippen molar-refractivity contribution in [3.63, 3.8) is 0 Å². The van der Waals surface area contributed by atoms with Crippen molar-refractivity contribution in [3.05, 3.63) is 29.7 Å². The first-order valence-electron chi connectivity index (χ1n) is 7.27. The van der Waals surface area contributed by atoms with Crippen LogP contribution in [-0.4, -0.2) is 44.4 Å². The Morgan fingerprint density at radius 2 is 2.18 bits per heavy atom. The lowest BCUT2D eigenvalue weighted by atomic mass is 9.92. The Balaban J connectivity index is 1.85. The van der Waals surface area contributed by atoms with Gasteiger partial charge in [-0.05, 0) is 13.1 Å². The molecule has 0 saturated heterocycles. The summed E-state index contributed by atoms with van der Waals surface area (Å²) in [6.45, 7) is 7.30. The highest BCUT2D eigenvalue weighted by molar-refractivity contribution is 5.91. The highest BCUT2D eigenvalue weighted by Crippen LogP contribution is 2.20. The number of aromatic amines is 1. The van der Waals surface area contributed by atoms with Gasteiger partial charge >= 0.3 is 0 Å². The number of anilines is 1. The summed E-state index contributed by atoms with van der Waals surface area (Å²) in [5, 5.41) is 14.2. The molecule has 7 nitrogen and oxygen atoms in total. The first-order valence-corrected chi connectivity index (χ1v) is 7.27. The summed E-state index contributed by atoms with van der Waals surface area (Å²) in [6, 6.07) is 3.82. The van der Waals surface area contributed by atoms with Gasteiger partial charge in [-0.2, -0.15) is 10.2 Å². The molecule has 0 bridgehead atoms. The molecular formula is C15H24N6O. The maximum atomic E-state index is 12.0. The number of amides is 1. The highest BCUT2D eigenvalue weighted by atomic mass is 16.2. The molecule has 7 heteroatoms. The minimum Gasteiger partial charge on any atom is -0.308 e. The molecule has 0 aromatic carbocycles. The van der Waals surface area contributed by atoms with Gasteiger partial charge in [0.1, 0.15) is 0 Å². The van der Waals surface area contributed by atoms with Crippen LogP contribution in [0.5, 0.6) is 0 Å². The number of hydrogen-bond donors (Lipinski definition) is 2. The van der Waals surface area contributed by atoms with Gasteiger partial charge in [0.25, 0.3) is 0 Å². The average Bonchev–Trinajstić information content (AvgIpc) is 2.97. The zero-order chi connectivity index (χ0) is 16.3. The van der Waals surface area contributed by atoms with Gasteiger partial charge in [-0.1, -0.05) is 20.8 Å². The van der Waals surface area contributed by atoms with Crippen molar-refractivity contribution in [2.45, 2.75) is 32.7 Å². The fourth-order valence-electron chi connectivity index (χ4n) is 2.08. The molecule has 2 aromatic rings. The van der Waals surface area contributed by atoms with Crippen molar-refractivity contribution in [2.24, 2.45) is 7.05 Å². The maximum absolute atomic E-state index is 12.0. The van der Waals surface area contributed by atoms with Crippen LogP contribution < -0.4 is 5.32 Å². The Morgan fingerprint density at radius 3 is 2.73 bits per heavy atom. The predicted molar refractivity (Wildman–Crippen MR) is 85.5 cm³/mol. The van der Waals surface area contributed by atoms with E-state index in [4.69, 9.17) is 0 Å². The largest absolute Gasteiger partial charge is 0.308 e. The number of nitrogens with one attached hydrogen (secondary N) is 2. The second-order valence-corrected chi connectivity index (χ2v) is 6.62. The van der Waals surface area contributed by atoms with Crippen LogP contribution in [0.25, 0.3) is 0 Å². The molecule has 0 aliphatic rings. The van der Waals surface area contributed by atoms with Crippen LogP contribution in [0.4, 0.5) is 5.82 Å². The normalized spacial score (nSPS) is 11.9. The van der Waals surface area contributed by atoms with E-state index < -0.39 is 0 Å². The molecule has 120 valence electrons. The van der Waals surface area contributed by atoms with Gasteiger partial charge in [0, 0.05) is 37.0 Å². The number of hydrogen-bond acceptors (Lipinski definition) is 4. The average molecular weight is 304 g/mol. The van der Waals surface area contributed by atoms with Crippen molar-refractivity contribution in [2.75, 3.05) is 18.9 Å². The number of H-pyrrole nitrogens is 1. The molecule has 2 aromatic heterocycles. The highest BCUT2D eigenvalue weighted by Gasteiger charge is 2.18. The molecule has 0 aliphatic carbocycles. The predicted octanol–water partition coefficient (Wildman–Crippen LogP) is 1.51. The van der Waals surface area contributed by atoms with Gasteiger partial charge in [-0.3, -0.25) is 19.5 Å². The van der Waals surface area contributed by atoms with Crippen molar-refractivity contribution >= 4 is 11.7 Å². The van der Waals surface area contributed by atoms with E-state index >= 15 is 0 Å². The van der Waals surface area contributed by atoms with Gasteiger partial charge < -0.3 is 5.32 Å². The molecule has 0 radical (unpaired) electrons. The number of aromatic nitrogens is 4. The van der Waals surface area contributed by atoms with E-state index in [1.165, 1.54) is 0 Å². The molecule has 2 N–H and O–H groups in total. The van der Waals surface area contributed by atoms with Crippen LogP contribution in [0.15, 0.2) is 18.3 Å². The summed E-state index contributed by atoms with van der Waals surface area (Å²) in [6.07, 6.45) is 1.79. The Bertz CT molecular complexity index is 636. The van der Waals surface area contributed by atoms with E-state index in [2.05, 4.69) is 41.4 Å². The van der Waals surface area contributed by atoms with Crippen molar-refractivity contribution < 1.29 is 4.79 Å². The monoisotopic (exact) mass is 304 g/mol. The molecule has 22 heavy (non-hydrogen) atoms. The third-order valence-electron chi connectivity index (χ3n) is 3.23. The lowest BCUT2D eigenvalue weighted by Crippen LogP contribution is -2.30. The third kappa shape index (κ3) is 4.42. The quantitative estimate of drug-likeness (QED) is 0.877. The summed E-state index contributed by atoms with van der Waals surface area (Å²) in [5.74, 6) is 0.481. The van der Waals surface area contributed by atoms with E-state index in [9.17, 15) is 4.79 Å². The fraction of sp³-hybridized carbons (Fsp3) is 0.533. The van der Waals surface area contributed by atoms with Crippen molar-refractivity contribution in [1.82, 2.24) is 24.9 Å². The molecule has 2 heterocycles. The van der Waals surface area contributed by atoms with E-state index in [0.29, 0.717) is 18.9 Å². The Kier molecular flexibility index (Phi) is 4.65. The lowest BCUT2D eigenvalue weighted by Gasteiger charge is -2.15. The van der Waals surface area contributed by atoms with Gasteiger partial charge in [0.05, 0.1) is 12.2 Å². The van der Waals surface area contributed by atoms with Crippen LogP contribution in [0.2, 0.25) is 0 Å². The summed E-state index contributed by atoms with van der Waals surface area (Å²) in [4.78, 5) is 13.9. The standard InChI is InChI=1S/C15H24N6O/c1-15(2,3)12-8-11(17-18-12)9-20(4)10-14(22)16-13-6-7-21(5)19-13/h6-8H,9-10H2,1-5H3,(H,17,18)(H,16,19,22). The van der Waals surface area contributed by atoms with Crippen LogP contribution >= 0.6 is 0 Å². The van der Waals surface area contributed by atoms with Gasteiger partial charge in [0.15, 0.2) is 5.82 Å². The number of carbonyl (C=O) groups is 1. The molecule has 0 spiro atoms. The number of likely N-dealkylation sites (N-methyl/N-ethyl adjacent to an activating group) is 1. The number of rotatable bonds is 5. The fourth-order valence-corrected chi connectivity index (χ4v) is 2.08. The topological polar surface area (TPSA) is 78.8 Å². The minimum absolute atomic E-state index is 0.0175. The second kappa shape index (κ2) is 6.31. The molecule has 0 atom stereocenters. The number of aryl methyl sites for hydroxylation is 1. The van der Waals surface area contributed by atoms with Gasteiger partial charge in [0.2, 0.25) is 5.91 Å². The minimum atomic E-state index is -0.0863. The van der Waals surface area contributed by atoms with Crippen molar-refractivity contribution in [3.8, 4) is 0 Å². The Labute approximate surface area is 130 Å². The Morgan fingerprint density at radius 1 is 1.45 bits per heavy atom. The first kappa shape index (κ1) is 16.2. The maximum Gasteiger partial charge on any atom is 0.239 e. The SMILES string of the molecule is CN(CC(=O)Nc1ccn(C)n1)Cc1cc(C(C)(C)C)n[nH]1. The molecule has 0 fully saturated rings. The second-order valence-electron chi connectivity index (χ2n) is 6.62. The van der Waals surface area contributed by atoms with Crippen molar-refractivity contribution in [1.29, 1.82) is 0 Å². The summed E-state index contributed by atoms with van der Waals surface area (Å²) >= 11 is 0. The zero-order valence-electron chi connectivity index (χ0n) is 13.8. The molecule has 0 aliphatic heterocycles. The van der Waals surface area contributed by atoms with Crippen LogP contribution in [0, 0.1) is 0 Å². The van der Waals surface area contributed by atoms with E-state index in [0.717, 1.165) is 11.4 Å². The Hall–Kier alpha value is -2.15. The molecule has 2 rings (SSSR count). The lowest BCUT2D eigenvalue weighted by molar-refractivity contribution is -0.117. The first-order chi connectivity index (χ1) is 10.2. The van der Waals surface area contributed by atoms with E-state index in [1.807, 2.05) is 25.1 Å².